The van der Waals surface area contributed by atoms with Crippen molar-refractivity contribution in [3.8, 4) is 10.4 Å². The summed E-state index contributed by atoms with van der Waals surface area (Å²) in [5.41, 5.74) is 2.36. The standard InChI is InChI=1S/C22H28N2O3S/c1-4-27-22(26)19-16(3)20(17-8-6-5-7-9-17)28-21(19)23-18(25)14-24-12-10-15(2)11-13-24/h5-9,15H,4,10-14H2,1-3H3,(H,23,25)/p+1. The molecule has 0 spiro atoms. The van der Waals surface area contributed by atoms with Gasteiger partial charge in [0, 0.05) is 4.88 Å². The quantitative estimate of drug-likeness (QED) is 0.731. The first-order valence-corrected chi connectivity index (χ1v) is 10.8. The zero-order valence-corrected chi connectivity index (χ0v) is 17.7. The smallest absolute Gasteiger partial charge is 0.341 e. The van der Waals surface area contributed by atoms with E-state index in [0.29, 0.717) is 23.7 Å². The molecule has 0 unspecified atom stereocenters. The number of piperidine rings is 1. The Labute approximate surface area is 170 Å². The molecule has 1 saturated heterocycles. The van der Waals surface area contributed by atoms with Crippen LogP contribution in [0.1, 0.15) is 42.6 Å². The van der Waals surface area contributed by atoms with Gasteiger partial charge in [0.2, 0.25) is 0 Å². The van der Waals surface area contributed by atoms with E-state index in [-0.39, 0.29) is 11.9 Å². The number of quaternary nitrogens is 1. The number of hydrogen-bond donors (Lipinski definition) is 2. The molecule has 1 aromatic carbocycles. The summed E-state index contributed by atoms with van der Waals surface area (Å²) in [5, 5.41) is 3.58. The number of carbonyl (C=O) groups is 2. The third kappa shape index (κ3) is 4.80. The number of carbonyl (C=O) groups excluding carboxylic acids is 2. The topological polar surface area (TPSA) is 59.8 Å². The summed E-state index contributed by atoms with van der Waals surface area (Å²) in [7, 11) is 0. The number of esters is 1. The largest absolute Gasteiger partial charge is 0.462 e. The Morgan fingerprint density at radius 1 is 1.21 bits per heavy atom. The average molecular weight is 402 g/mol. The number of hydrogen-bond acceptors (Lipinski definition) is 4. The van der Waals surface area contributed by atoms with Crippen molar-refractivity contribution in [2.45, 2.75) is 33.6 Å². The maximum absolute atomic E-state index is 12.7. The van der Waals surface area contributed by atoms with Gasteiger partial charge in [-0.2, -0.15) is 0 Å². The molecule has 150 valence electrons. The van der Waals surface area contributed by atoms with Crippen molar-refractivity contribution >= 4 is 28.2 Å². The Hall–Kier alpha value is -2.18. The second kappa shape index (κ2) is 9.34. The summed E-state index contributed by atoms with van der Waals surface area (Å²) in [6.45, 7) is 8.76. The van der Waals surface area contributed by atoms with Gasteiger partial charge in [0.15, 0.2) is 6.54 Å². The number of rotatable bonds is 6. The highest BCUT2D eigenvalue weighted by Crippen LogP contribution is 2.40. The van der Waals surface area contributed by atoms with Crippen molar-refractivity contribution in [3.05, 3.63) is 41.5 Å². The van der Waals surface area contributed by atoms with Crippen LogP contribution in [0.5, 0.6) is 0 Å². The molecule has 0 radical (unpaired) electrons. The molecule has 0 saturated carbocycles. The monoisotopic (exact) mass is 401 g/mol. The summed E-state index contributed by atoms with van der Waals surface area (Å²) in [5.74, 6) is 0.319. The maximum Gasteiger partial charge on any atom is 0.341 e. The summed E-state index contributed by atoms with van der Waals surface area (Å²) in [6.07, 6.45) is 2.32. The van der Waals surface area contributed by atoms with Gasteiger partial charge in [0.05, 0.1) is 25.3 Å². The van der Waals surface area contributed by atoms with Gasteiger partial charge in [-0.05, 0) is 43.7 Å². The molecule has 28 heavy (non-hydrogen) atoms. The lowest BCUT2D eigenvalue weighted by atomic mass is 9.99. The van der Waals surface area contributed by atoms with Crippen LogP contribution in [0.25, 0.3) is 10.4 Å². The molecule has 0 atom stereocenters. The van der Waals surface area contributed by atoms with Crippen LogP contribution >= 0.6 is 11.3 Å². The summed E-state index contributed by atoms with van der Waals surface area (Å²) in [4.78, 5) is 27.5. The molecule has 1 aromatic heterocycles. The molecule has 5 nitrogen and oxygen atoms in total. The molecular weight excluding hydrogens is 372 g/mol. The number of ether oxygens (including phenoxy) is 1. The Kier molecular flexibility index (Phi) is 6.86. The van der Waals surface area contributed by atoms with Gasteiger partial charge in [-0.15, -0.1) is 11.3 Å². The molecule has 1 aliphatic heterocycles. The molecule has 1 aliphatic rings. The van der Waals surface area contributed by atoms with Gasteiger partial charge < -0.3 is 15.0 Å². The maximum atomic E-state index is 12.7. The fourth-order valence-electron chi connectivity index (χ4n) is 3.66. The van der Waals surface area contributed by atoms with Crippen molar-refractivity contribution in [1.82, 2.24) is 0 Å². The van der Waals surface area contributed by atoms with Gasteiger partial charge >= 0.3 is 5.97 Å². The fourth-order valence-corrected chi connectivity index (χ4v) is 4.88. The van der Waals surface area contributed by atoms with Crippen LogP contribution in [-0.2, 0) is 9.53 Å². The molecular formula is C22H29N2O3S+. The van der Waals surface area contributed by atoms with E-state index in [1.807, 2.05) is 37.3 Å². The highest BCUT2D eigenvalue weighted by molar-refractivity contribution is 7.20. The van der Waals surface area contributed by atoms with Gasteiger partial charge in [-0.1, -0.05) is 37.3 Å². The highest BCUT2D eigenvalue weighted by Gasteiger charge is 2.26. The van der Waals surface area contributed by atoms with Crippen molar-refractivity contribution in [3.63, 3.8) is 0 Å². The predicted octanol–water partition coefficient (Wildman–Crippen LogP) is 3.15. The van der Waals surface area contributed by atoms with Crippen LogP contribution < -0.4 is 10.2 Å². The molecule has 1 fully saturated rings. The van der Waals surface area contributed by atoms with E-state index >= 15 is 0 Å². The van der Waals surface area contributed by atoms with Crippen molar-refractivity contribution in [1.29, 1.82) is 0 Å². The zero-order valence-electron chi connectivity index (χ0n) is 16.8. The lowest BCUT2D eigenvalue weighted by Gasteiger charge is -2.26. The Morgan fingerprint density at radius 2 is 1.89 bits per heavy atom. The molecule has 0 aliphatic carbocycles. The molecule has 6 heteroatoms. The van der Waals surface area contributed by atoms with Crippen LogP contribution in [0.3, 0.4) is 0 Å². The normalized spacial score (nSPS) is 19.2. The summed E-state index contributed by atoms with van der Waals surface area (Å²) in [6, 6.07) is 9.93. The number of amides is 1. The van der Waals surface area contributed by atoms with Crippen LogP contribution in [0, 0.1) is 12.8 Å². The molecule has 1 amide bonds. The Morgan fingerprint density at radius 3 is 2.54 bits per heavy atom. The van der Waals surface area contributed by atoms with E-state index < -0.39 is 0 Å². The molecule has 0 bridgehead atoms. The van der Waals surface area contributed by atoms with Crippen LogP contribution in [0.15, 0.2) is 30.3 Å². The third-order valence-electron chi connectivity index (χ3n) is 5.31. The van der Waals surface area contributed by atoms with Gasteiger partial charge in [0.25, 0.3) is 5.91 Å². The van der Waals surface area contributed by atoms with E-state index in [0.717, 1.165) is 47.9 Å². The van der Waals surface area contributed by atoms with Gasteiger partial charge in [0.1, 0.15) is 5.00 Å². The molecule has 2 N–H and O–H groups in total. The number of nitrogens with one attached hydrogen (secondary N) is 2. The minimum atomic E-state index is -0.382. The molecule has 2 aromatic rings. The Balaban J connectivity index is 1.82. The number of benzene rings is 1. The summed E-state index contributed by atoms with van der Waals surface area (Å²) >= 11 is 1.44. The van der Waals surface area contributed by atoms with E-state index in [2.05, 4.69) is 12.2 Å². The van der Waals surface area contributed by atoms with E-state index in [4.69, 9.17) is 4.74 Å². The lowest BCUT2D eigenvalue weighted by molar-refractivity contribution is -0.897. The van der Waals surface area contributed by atoms with E-state index in [1.165, 1.54) is 16.2 Å². The first-order chi connectivity index (χ1) is 13.5. The zero-order chi connectivity index (χ0) is 20.1. The van der Waals surface area contributed by atoms with Crippen LogP contribution in [0.4, 0.5) is 5.00 Å². The Bertz CT molecular complexity index is 824. The lowest BCUT2D eigenvalue weighted by Crippen LogP contribution is -3.14. The van der Waals surface area contributed by atoms with Crippen LogP contribution in [0.2, 0.25) is 0 Å². The second-order valence-corrected chi connectivity index (χ2v) is 8.52. The summed E-state index contributed by atoms with van der Waals surface area (Å²) < 4.78 is 5.25. The number of likely N-dealkylation sites (tertiary alicyclic amines) is 1. The third-order valence-corrected chi connectivity index (χ3v) is 6.56. The number of thiophene rings is 1. The van der Waals surface area contributed by atoms with Crippen molar-refractivity contribution < 1.29 is 19.2 Å². The highest BCUT2D eigenvalue weighted by atomic mass is 32.1. The fraction of sp³-hybridized carbons (Fsp3) is 0.455. The molecule has 3 rings (SSSR count). The SMILES string of the molecule is CCOC(=O)c1c(NC(=O)C[NH+]2CCC(C)CC2)sc(-c2ccccc2)c1C. The van der Waals surface area contributed by atoms with Gasteiger partial charge in [-0.3, -0.25) is 4.79 Å². The van der Waals surface area contributed by atoms with Gasteiger partial charge in [-0.25, -0.2) is 4.79 Å². The predicted molar refractivity (Wildman–Crippen MR) is 113 cm³/mol. The minimum Gasteiger partial charge on any atom is -0.462 e. The first-order valence-electron chi connectivity index (χ1n) is 9.99. The van der Waals surface area contributed by atoms with E-state index in [9.17, 15) is 9.59 Å². The average Bonchev–Trinajstić information content (AvgIpc) is 3.00. The van der Waals surface area contributed by atoms with Crippen molar-refractivity contribution in [2.75, 3.05) is 31.6 Å². The van der Waals surface area contributed by atoms with E-state index in [1.54, 1.807) is 6.92 Å². The minimum absolute atomic E-state index is 0.0454. The molecule has 2 heterocycles. The number of anilines is 1. The first kappa shape index (κ1) is 20.6. The van der Waals surface area contributed by atoms with Crippen LogP contribution in [-0.4, -0.2) is 38.1 Å². The van der Waals surface area contributed by atoms with Crippen molar-refractivity contribution in [2.24, 2.45) is 5.92 Å². The second-order valence-electron chi connectivity index (χ2n) is 7.50.